The third-order valence-corrected chi connectivity index (χ3v) is 2.23. The Morgan fingerprint density at radius 1 is 1.38 bits per heavy atom. The Labute approximate surface area is 92.5 Å². The number of nitrogens with two attached hydrogens (primary N) is 1. The van der Waals surface area contributed by atoms with Gasteiger partial charge in [0.25, 0.3) is 6.01 Å². The lowest BCUT2D eigenvalue weighted by Crippen LogP contribution is -2.10. The van der Waals surface area contributed by atoms with Crippen LogP contribution in [0.25, 0.3) is 11.3 Å². The van der Waals surface area contributed by atoms with Crippen LogP contribution < -0.4 is 10.6 Å². The molecule has 0 aliphatic carbocycles. The summed E-state index contributed by atoms with van der Waals surface area (Å²) in [7, 11) is 3.66. The van der Waals surface area contributed by atoms with E-state index in [4.69, 9.17) is 10.2 Å². The second-order valence-electron chi connectivity index (χ2n) is 3.62. The van der Waals surface area contributed by atoms with Crippen LogP contribution in [0, 0.1) is 5.82 Å². The fourth-order valence-electron chi connectivity index (χ4n) is 1.50. The molecular formula is C11H12FN3O. The minimum absolute atomic E-state index is 0.101. The van der Waals surface area contributed by atoms with Crippen LogP contribution in [0.5, 0.6) is 0 Å². The summed E-state index contributed by atoms with van der Waals surface area (Å²) in [5, 5.41) is 0. The van der Waals surface area contributed by atoms with Crippen LogP contribution in [0.2, 0.25) is 0 Å². The number of hydrogen-bond acceptors (Lipinski definition) is 4. The zero-order valence-electron chi connectivity index (χ0n) is 9.07. The predicted octanol–water partition coefficient (Wildman–Crippen LogP) is 2.13. The van der Waals surface area contributed by atoms with Gasteiger partial charge in [0, 0.05) is 19.7 Å². The summed E-state index contributed by atoms with van der Waals surface area (Å²) in [5.74, 6) is 0.237. The molecule has 0 saturated heterocycles. The molecule has 1 aromatic carbocycles. The average molecular weight is 221 g/mol. The summed E-state index contributed by atoms with van der Waals surface area (Å²) in [6, 6.07) is 4.56. The van der Waals surface area contributed by atoms with Crippen LogP contribution >= 0.6 is 0 Å². The molecule has 5 heteroatoms. The smallest absolute Gasteiger partial charge is 0.292 e. The lowest BCUT2D eigenvalue weighted by Gasteiger charge is -2.15. The second kappa shape index (κ2) is 3.84. The quantitative estimate of drug-likeness (QED) is 0.844. The Morgan fingerprint density at radius 2 is 2.12 bits per heavy atom. The van der Waals surface area contributed by atoms with Crippen LogP contribution in [0.1, 0.15) is 0 Å². The van der Waals surface area contributed by atoms with Gasteiger partial charge in [-0.05, 0) is 18.2 Å². The highest BCUT2D eigenvalue weighted by atomic mass is 19.1. The van der Waals surface area contributed by atoms with Gasteiger partial charge in [0.05, 0.1) is 11.9 Å². The van der Waals surface area contributed by atoms with Crippen molar-refractivity contribution in [1.82, 2.24) is 4.98 Å². The van der Waals surface area contributed by atoms with Crippen molar-refractivity contribution in [2.75, 3.05) is 24.7 Å². The van der Waals surface area contributed by atoms with E-state index in [0.29, 0.717) is 5.76 Å². The van der Waals surface area contributed by atoms with E-state index in [-0.39, 0.29) is 11.8 Å². The molecule has 4 nitrogen and oxygen atoms in total. The van der Waals surface area contributed by atoms with E-state index in [1.165, 1.54) is 18.3 Å². The van der Waals surface area contributed by atoms with E-state index >= 15 is 0 Å². The highest BCUT2D eigenvalue weighted by molar-refractivity contribution is 5.75. The molecule has 0 saturated carbocycles. The maximum absolute atomic E-state index is 13.1. The van der Waals surface area contributed by atoms with Gasteiger partial charge >= 0.3 is 0 Å². The topological polar surface area (TPSA) is 55.3 Å². The standard InChI is InChI=1S/C11H12FN3O/c1-15(2)9-5-7(12)3-4-8(9)10-6-14-11(13)16-10/h3-6H,1-2H3,(H2,13,14). The van der Waals surface area contributed by atoms with Crippen molar-refractivity contribution < 1.29 is 8.81 Å². The molecule has 0 atom stereocenters. The molecule has 0 aliphatic heterocycles. The predicted molar refractivity (Wildman–Crippen MR) is 60.6 cm³/mol. The van der Waals surface area contributed by atoms with Gasteiger partial charge in [0.2, 0.25) is 0 Å². The Kier molecular flexibility index (Phi) is 2.52. The van der Waals surface area contributed by atoms with E-state index in [2.05, 4.69) is 4.98 Å². The van der Waals surface area contributed by atoms with E-state index in [1.54, 1.807) is 11.0 Å². The Hall–Kier alpha value is -2.04. The molecule has 0 radical (unpaired) electrons. The molecule has 0 fully saturated rings. The van der Waals surface area contributed by atoms with Crippen molar-refractivity contribution in [2.45, 2.75) is 0 Å². The first-order valence-corrected chi connectivity index (χ1v) is 4.76. The van der Waals surface area contributed by atoms with Crippen LogP contribution in [0.15, 0.2) is 28.8 Å². The summed E-state index contributed by atoms with van der Waals surface area (Å²) in [5.41, 5.74) is 6.89. The fraction of sp³-hybridized carbons (Fsp3) is 0.182. The number of nitrogens with zero attached hydrogens (tertiary/aromatic N) is 2. The molecule has 2 aromatic rings. The van der Waals surface area contributed by atoms with E-state index in [1.807, 2.05) is 14.1 Å². The normalized spacial score (nSPS) is 10.4. The van der Waals surface area contributed by atoms with Gasteiger partial charge in [-0.25, -0.2) is 9.37 Å². The maximum Gasteiger partial charge on any atom is 0.292 e. The summed E-state index contributed by atoms with van der Waals surface area (Å²) in [6.45, 7) is 0. The van der Waals surface area contributed by atoms with Crippen LogP contribution in [-0.4, -0.2) is 19.1 Å². The summed E-state index contributed by atoms with van der Waals surface area (Å²) < 4.78 is 18.3. The van der Waals surface area contributed by atoms with Gasteiger partial charge in [0.15, 0.2) is 5.76 Å². The van der Waals surface area contributed by atoms with E-state index in [0.717, 1.165) is 11.3 Å². The number of hydrogen-bond donors (Lipinski definition) is 1. The van der Waals surface area contributed by atoms with Gasteiger partial charge < -0.3 is 15.1 Å². The summed E-state index contributed by atoms with van der Waals surface area (Å²) in [4.78, 5) is 5.62. The minimum Gasteiger partial charge on any atom is -0.424 e. The Morgan fingerprint density at radius 3 is 2.69 bits per heavy atom. The first-order chi connectivity index (χ1) is 7.58. The third kappa shape index (κ3) is 1.84. The number of halogens is 1. The van der Waals surface area contributed by atoms with Crippen molar-refractivity contribution in [2.24, 2.45) is 0 Å². The molecule has 0 bridgehead atoms. The van der Waals surface area contributed by atoms with Crippen molar-refractivity contribution in [3.63, 3.8) is 0 Å². The highest BCUT2D eigenvalue weighted by Crippen LogP contribution is 2.31. The number of oxazole rings is 1. The molecule has 2 N–H and O–H groups in total. The van der Waals surface area contributed by atoms with Gasteiger partial charge in [-0.3, -0.25) is 0 Å². The number of rotatable bonds is 2. The van der Waals surface area contributed by atoms with Crippen molar-refractivity contribution >= 4 is 11.7 Å². The fourth-order valence-corrected chi connectivity index (χ4v) is 1.50. The van der Waals surface area contributed by atoms with Crippen molar-refractivity contribution in [3.8, 4) is 11.3 Å². The molecule has 1 aromatic heterocycles. The molecule has 0 unspecified atom stereocenters. The zero-order valence-corrected chi connectivity index (χ0v) is 9.07. The molecule has 2 rings (SSSR count). The first-order valence-electron chi connectivity index (χ1n) is 4.76. The van der Waals surface area contributed by atoms with Gasteiger partial charge in [0.1, 0.15) is 5.82 Å². The van der Waals surface area contributed by atoms with Crippen LogP contribution in [0.4, 0.5) is 16.1 Å². The van der Waals surface area contributed by atoms with Crippen molar-refractivity contribution in [1.29, 1.82) is 0 Å². The number of benzene rings is 1. The summed E-state index contributed by atoms with van der Waals surface area (Å²) >= 11 is 0. The molecule has 1 heterocycles. The molecule has 0 spiro atoms. The second-order valence-corrected chi connectivity index (χ2v) is 3.62. The lowest BCUT2D eigenvalue weighted by molar-refractivity contribution is 0.594. The van der Waals surface area contributed by atoms with Crippen LogP contribution in [0.3, 0.4) is 0 Å². The monoisotopic (exact) mass is 221 g/mol. The Bertz CT molecular complexity index is 508. The van der Waals surface area contributed by atoms with Gasteiger partial charge in [-0.2, -0.15) is 0 Å². The highest BCUT2D eigenvalue weighted by Gasteiger charge is 2.12. The maximum atomic E-state index is 13.1. The lowest BCUT2D eigenvalue weighted by atomic mass is 10.1. The van der Waals surface area contributed by atoms with E-state index < -0.39 is 0 Å². The van der Waals surface area contributed by atoms with Crippen LogP contribution in [-0.2, 0) is 0 Å². The molecule has 0 amide bonds. The summed E-state index contributed by atoms with van der Waals surface area (Å²) in [6.07, 6.45) is 1.52. The SMILES string of the molecule is CN(C)c1cc(F)ccc1-c1cnc(N)o1. The molecule has 16 heavy (non-hydrogen) atoms. The number of aromatic nitrogens is 1. The van der Waals surface area contributed by atoms with E-state index in [9.17, 15) is 4.39 Å². The minimum atomic E-state index is -0.292. The zero-order chi connectivity index (χ0) is 11.7. The molecular weight excluding hydrogens is 209 g/mol. The third-order valence-electron chi connectivity index (χ3n) is 2.23. The number of anilines is 2. The average Bonchev–Trinajstić information content (AvgIpc) is 2.64. The van der Waals surface area contributed by atoms with Gasteiger partial charge in [-0.1, -0.05) is 0 Å². The van der Waals surface area contributed by atoms with Gasteiger partial charge in [-0.15, -0.1) is 0 Å². The Balaban J connectivity index is 2.56. The molecule has 0 aliphatic rings. The molecule has 84 valence electrons. The first kappa shape index (κ1) is 10.5. The van der Waals surface area contributed by atoms with Crippen molar-refractivity contribution in [3.05, 3.63) is 30.2 Å². The number of nitrogen functional groups attached to an aromatic ring is 1. The largest absolute Gasteiger partial charge is 0.424 e.